The number of pyridine rings is 1. The van der Waals surface area contributed by atoms with Crippen LogP contribution in [0.4, 0.5) is 5.69 Å². The van der Waals surface area contributed by atoms with Crippen LogP contribution in [0.2, 0.25) is 0 Å². The van der Waals surface area contributed by atoms with Gasteiger partial charge in [0.05, 0.1) is 11.0 Å². The number of rotatable bonds is 4. The first-order valence-corrected chi connectivity index (χ1v) is 8.27. The van der Waals surface area contributed by atoms with Gasteiger partial charge in [0.2, 0.25) is 0 Å². The molecule has 0 spiro atoms. The Hall–Kier alpha value is -2.29. The molecular weight excluding hydrogens is 284 g/mol. The number of unbranched alkanes of at least 4 members (excludes halogenated alkanes) is 1. The van der Waals surface area contributed by atoms with E-state index < -0.39 is 0 Å². The predicted octanol–water partition coefficient (Wildman–Crippen LogP) is 4.33. The van der Waals surface area contributed by atoms with Gasteiger partial charge >= 0.3 is 0 Å². The Kier molecular flexibility index (Phi) is 4.12. The number of nitrogens with zero attached hydrogens (tertiary/aromatic N) is 2. The fraction of sp³-hybridized carbons (Fsp3) is 0.350. The summed E-state index contributed by atoms with van der Waals surface area (Å²) in [7, 11) is 4.06. The monoisotopic (exact) mass is 308 g/mol. The lowest BCUT2D eigenvalue weighted by Crippen LogP contribution is -2.14. The van der Waals surface area contributed by atoms with E-state index in [-0.39, 0.29) is 5.43 Å². The Morgan fingerprint density at radius 3 is 2.30 bits per heavy atom. The third-order valence-electron chi connectivity index (χ3n) is 4.46. The molecule has 2 aromatic carbocycles. The fourth-order valence-corrected chi connectivity index (χ4v) is 3.10. The molecule has 0 atom stereocenters. The van der Waals surface area contributed by atoms with Crippen molar-refractivity contribution in [2.24, 2.45) is 0 Å². The maximum absolute atomic E-state index is 12.9. The summed E-state index contributed by atoms with van der Waals surface area (Å²) in [6, 6.07) is 12.2. The van der Waals surface area contributed by atoms with Crippen molar-refractivity contribution in [3.05, 3.63) is 52.2 Å². The normalized spacial score (nSPS) is 11.3. The van der Waals surface area contributed by atoms with Gasteiger partial charge in [-0.25, -0.2) is 0 Å². The molecule has 0 bridgehead atoms. The predicted molar refractivity (Wildman–Crippen MR) is 99.7 cm³/mol. The minimum absolute atomic E-state index is 0.132. The molecule has 1 aromatic heterocycles. The van der Waals surface area contributed by atoms with Crippen LogP contribution in [-0.2, 0) is 6.54 Å². The zero-order valence-corrected chi connectivity index (χ0v) is 14.4. The maximum Gasteiger partial charge on any atom is 0.197 e. The van der Waals surface area contributed by atoms with Crippen molar-refractivity contribution >= 4 is 27.5 Å². The van der Waals surface area contributed by atoms with Gasteiger partial charge in [0, 0.05) is 37.1 Å². The molecule has 23 heavy (non-hydrogen) atoms. The van der Waals surface area contributed by atoms with Crippen LogP contribution in [0.1, 0.15) is 25.3 Å². The molecule has 0 radical (unpaired) electrons. The summed E-state index contributed by atoms with van der Waals surface area (Å²) < 4.78 is 2.32. The summed E-state index contributed by atoms with van der Waals surface area (Å²) in [4.78, 5) is 15.0. The average Bonchev–Trinajstić information content (AvgIpc) is 2.54. The molecule has 0 aliphatic heterocycles. The van der Waals surface area contributed by atoms with Crippen LogP contribution in [-0.4, -0.2) is 18.7 Å². The van der Waals surface area contributed by atoms with E-state index in [2.05, 4.69) is 35.4 Å². The molecule has 3 nitrogen and oxygen atoms in total. The Bertz CT molecular complexity index is 922. The molecule has 3 rings (SSSR count). The second-order valence-electron chi connectivity index (χ2n) is 6.45. The average molecular weight is 308 g/mol. The molecule has 3 heteroatoms. The zero-order valence-electron chi connectivity index (χ0n) is 14.4. The molecule has 120 valence electrons. The van der Waals surface area contributed by atoms with Crippen LogP contribution in [0.3, 0.4) is 0 Å². The SMILES string of the molecule is CCCCn1c2cc(C)ccc2c(=O)c2ccc(N(C)C)cc21. The van der Waals surface area contributed by atoms with Crippen molar-refractivity contribution < 1.29 is 0 Å². The lowest BCUT2D eigenvalue weighted by molar-refractivity contribution is 0.662. The van der Waals surface area contributed by atoms with Crippen molar-refractivity contribution in [3.8, 4) is 0 Å². The van der Waals surface area contributed by atoms with Crippen molar-refractivity contribution in [3.63, 3.8) is 0 Å². The minimum atomic E-state index is 0.132. The summed E-state index contributed by atoms with van der Waals surface area (Å²) in [5.41, 5.74) is 4.52. The van der Waals surface area contributed by atoms with Crippen molar-refractivity contribution in [2.75, 3.05) is 19.0 Å². The molecule has 3 aromatic rings. The topological polar surface area (TPSA) is 25.2 Å². The summed E-state index contributed by atoms with van der Waals surface area (Å²) in [5, 5.41) is 1.62. The number of aryl methyl sites for hydroxylation is 2. The number of benzene rings is 2. The van der Waals surface area contributed by atoms with Crippen LogP contribution < -0.4 is 10.3 Å². The zero-order chi connectivity index (χ0) is 16.6. The Morgan fingerprint density at radius 1 is 1.00 bits per heavy atom. The Labute approximate surface area is 137 Å². The summed E-state index contributed by atoms with van der Waals surface area (Å²) in [5.74, 6) is 0. The molecular formula is C20H24N2O. The maximum atomic E-state index is 12.9. The molecule has 0 aliphatic carbocycles. The standard InChI is InChI=1S/C20H24N2O/c1-5-6-11-22-18-12-14(2)7-9-16(18)20(23)17-10-8-15(21(3)4)13-19(17)22/h7-10,12-13H,5-6,11H2,1-4H3. The van der Waals surface area contributed by atoms with Crippen molar-refractivity contribution in [1.82, 2.24) is 4.57 Å². The van der Waals surface area contributed by atoms with E-state index >= 15 is 0 Å². The number of hydrogen-bond acceptors (Lipinski definition) is 2. The van der Waals surface area contributed by atoms with Crippen LogP contribution in [0.5, 0.6) is 0 Å². The first-order chi connectivity index (χ1) is 11.0. The van der Waals surface area contributed by atoms with Gasteiger partial charge < -0.3 is 9.47 Å². The van der Waals surface area contributed by atoms with Gasteiger partial charge in [0.25, 0.3) is 0 Å². The van der Waals surface area contributed by atoms with E-state index in [9.17, 15) is 4.79 Å². The van der Waals surface area contributed by atoms with E-state index in [1.165, 1.54) is 5.56 Å². The molecule has 0 amide bonds. The fourth-order valence-electron chi connectivity index (χ4n) is 3.10. The van der Waals surface area contributed by atoms with E-state index in [4.69, 9.17) is 0 Å². The lowest BCUT2D eigenvalue weighted by atomic mass is 10.1. The van der Waals surface area contributed by atoms with Crippen LogP contribution >= 0.6 is 0 Å². The molecule has 0 N–H and O–H groups in total. The number of fused-ring (bicyclic) bond motifs is 2. The van der Waals surface area contributed by atoms with Gasteiger partial charge in [0.15, 0.2) is 5.43 Å². The molecule has 0 saturated carbocycles. The highest BCUT2D eigenvalue weighted by molar-refractivity contribution is 5.95. The highest BCUT2D eigenvalue weighted by Gasteiger charge is 2.12. The molecule has 0 aliphatic rings. The first-order valence-electron chi connectivity index (χ1n) is 8.27. The molecule has 0 saturated heterocycles. The summed E-state index contributed by atoms with van der Waals surface area (Å²) in [6.45, 7) is 5.21. The number of anilines is 1. The van der Waals surface area contributed by atoms with Crippen molar-refractivity contribution in [1.29, 1.82) is 0 Å². The second kappa shape index (κ2) is 6.07. The third kappa shape index (κ3) is 2.72. The van der Waals surface area contributed by atoms with E-state index in [1.54, 1.807) is 0 Å². The largest absolute Gasteiger partial charge is 0.378 e. The molecule has 1 heterocycles. The molecule has 0 fully saturated rings. The first kappa shape index (κ1) is 15.6. The van der Waals surface area contributed by atoms with Gasteiger partial charge in [-0.3, -0.25) is 4.79 Å². The summed E-state index contributed by atoms with van der Waals surface area (Å²) in [6.07, 6.45) is 2.24. The quantitative estimate of drug-likeness (QED) is 0.670. The van der Waals surface area contributed by atoms with Gasteiger partial charge in [-0.15, -0.1) is 0 Å². The smallest absolute Gasteiger partial charge is 0.197 e. The Morgan fingerprint density at radius 2 is 1.65 bits per heavy atom. The van der Waals surface area contributed by atoms with E-state index in [0.717, 1.165) is 46.9 Å². The molecule has 0 unspecified atom stereocenters. The van der Waals surface area contributed by atoms with E-state index in [0.29, 0.717) is 0 Å². The Balaban J connectivity index is 2.44. The van der Waals surface area contributed by atoms with Crippen LogP contribution in [0.15, 0.2) is 41.2 Å². The van der Waals surface area contributed by atoms with Gasteiger partial charge in [-0.1, -0.05) is 19.4 Å². The van der Waals surface area contributed by atoms with Crippen LogP contribution in [0.25, 0.3) is 21.8 Å². The number of hydrogen-bond donors (Lipinski definition) is 0. The highest BCUT2D eigenvalue weighted by Crippen LogP contribution is 2.24. The highest BCUT2D eigenvalue weighted by atomic mass is 16.1. The van der Waals surface area contributed by atoms with Gasteiger partial charge in [-0.05, 0) is 49.2 Å². The summed E-state index contributed by atoms with van der Waals surface area (Å²) >= 11 is 0. The second-order valence-corrected chi connectivity index (χ2v) is 6.45. The van der Waals surface area contributed by atoms with Gasteiger partial charge in [-0.2, -0.15) is 0 Å². The number of aromatic nitrogens is 1. The van der Waals surface area contributed by atoms with Gasteiger partial charge in [0.1, 0.15) is 0 Å². The van der Waals surface area contributed by atoms with Crippen molar-refractivity contribution in [2.45, 2.75) is 33.2 Å². The third-order valence-corrected chi connectivity index (χ3v) is 4.46. The lowest BCUT2D eigenvalue weighted by Gasteiger charge is -2.18. The van der Waals surface area contributed by atoms with Crippen LogP contribution in [0, 0.1) is 6.92 Å². The minimum Gasteiger partial charge on any atom is -0.378 e. The van der Waals surface area contributed by atoms with E-state index in [1.807, 2.05) is 38.4 Å².